The average molecular weight is 293 g/mol. The predicted octanol–water partition coefficient (Wildman–Crippen LogP) is 4.36. The highest BCUT2D eigenvalue weighted by molar-refractivity contribution is 5.97. The van der Waals surface area contributed by atoms with E-state index in [1.807, 2.05) is 31.7 Å². The molecule has 0 aromatic heterocycles. The third-order valence-corrected chi connectivity index (χ3v) is 4.28. The molecular formula is C20H23NO. The number of aryl methyl sites for hydroxylation is 2. The first-order valence-corrected chi connectivity index (χ1v) is 7.93. The lowest BCUT2D eigenvalue weighted by molar-refractivity contribution is -0.125. The van der Waals surface area contributed by atoms with Gasteiger partial charge in [-0.25, -0.2) is 0 Å². The molecule has 0 aliphatic carbocycles. The number of para-hydroxylation sites is 1. The molecule has 1 aliphatic heterocycles. The molecule has 0 unspecified atom stereocenters. The molecule has 0 bridgehead atoms. The molecule has 0 saturated heterocycles. The van der Waals surface area contributed by atoms with Crippen LogP contribution in [0.5, 0.6) is 0 Å². The molecule has 0 fully saturated rings. The van der Waals surface area contributed by atoms with Crippen molar-refractivity contribution in [2.24, 2.45) is 5.41 Å². The van der Waals surface area contributed by atoms with E-state index in [4.69, 9.17) is 0 Å². The third kappa shape index (κ3) is 2.78. The number of carbonyl (C=O) groups is 1. The number of hydrogen-bond donors (Lipinski definition) is 0. The van der Waals surface area contributed by atoms with Crippen LogP contribution < -0.4 is 4.90 Å². The predicted molar refractivity (Wildman–Crippen MR) is 90.9 cm³/mol. The van der Waals surface area contributed by atoms with Gasteiger partial charge in [-0.3, -0.25) is 4.79 Å². The molecule has 2 aromatic carbocycles. The van der Waals surface area contributed by atoms with Gasteiger partial charge in [-0.15, -0.1) is 0 Å². The molecule has 0 saturated carbocycles. The van der Waals surface area contributed by atoms with Crippen molar-refractivity contribution >= 4 is 11.6 Å². The molecule has 0 N–H and O–H groups in total. The zero-order chi connectivity index (χ0) is 15.7. The molecule has 22 heavy (non-hydrogen) atoms. The molecule has 1 amide bonds. The monoisotopic (exact) mass is 293 g/mol. The number of amides is 1. The van der Waals surface area contributed by atoms with Crippen molar-refractivity contribution < 1.29 is 4.79 Å². The summed E-state index contributed by atoms with van der Waals surface area (Å²) in [5.41, 5.74) is 4.55. The van der Waals surface area contributed by atoms with Crippen molar-refractivity contribution in [3.05, 3.63) is 65.2 Å². The Morgan fingerprint density at radius 3 is 2.09 bits per heavy atom. The van der Waals surface area contributed by atoms with Crippen molar-refractivity contribution in [2.75, 3.05) is 4.90 Å². The first-order chi connectivity index (χ1) is 10.5. The number of benzene rings is 2. The Hall–Kier alpha value is -2.09. The first kappa shape index (κ1) is 14.8. The van der Waals surface area contributed by atoms with Gasteiger partial charge in [0.1, 0.15) is 0 Å². The second kappa shape index (κ2) is 5.60. The molecule has 1 heterocycles. The summed E-state index contributed by atoms with van der Waals surface area (Å²) in [6.45, 7) is 6.62. The topological polar surface area (TPSA) is 20.3 Å². The van der Waals surface area contributed by atoms with E-state index in [0.717, 1.165) is 18.5 Å². The lowest BCUT2D eigenvalue weighted by Crippen LogP contribution is -2.40. The van der Waals surface area contributed by atoms with E-state index in [0.29, 0.717) is 6.54 Å². The average Bonchev–Trinajstić information content (AvgIpc) is 2.48. The van der Waals surface area contributed by atoms with Gasteiger partial charge in [0.25, 0.3) is 0 Å². The number of rotatable bonds is 0. The smallest absolute Gasteiger partial charge is 0.232 e. The van der Waals surface area contributed by atoms with Crippen LogP contribution >= 0.6 is 0 Å². The van der Waals surface area contributed by atoms with Crippen LogP contribution in [0, 0.1) is 5.41 Å². The summed E-state index contributed by atoms with van der Waals surface area (Å²) >= 11 is 0. The fourth-order valence-electron chi connectivity index (χ4n) is 3.05. The summed E-state index contributed by atoms with van der Waals surface area (Å²) in [4.78, 5) is 14.9. The lowest BCUT2D eigenvalue weighted by Gasteiger charge is -2.33. The van der Waals surface area contributed by atoms with Crippen LogP contribution in [0.3, 0.4) is 0 Å². The van der Waals surface area contributed by atoms with E-state index < -0.39 is 0 Å². The molecule has 2 heteroatoms. The Bertz CT molecular complexity index is 697. The van der Waals surface area contributed by atoms with Gasteiger partial charge in [0.05, 0.1) is 6.54 Å². The van der Waals surface area contributed by atoms with Crippen LogP contribution in [0.25, 0.3) is 0 Å². The molecular weight excluding hydrogens is 270 g/mol. The minimum Gasteiger partial charge on any atom is -0.307 e. The highest BCUT2D eigenvalue weighted by Crippen LogP contribution is 2.31. The minimum absolute atomic E-state index is 0.177. The third-order valence-electron chi connectivity index (χ3n) is 4.28. The molecule has 1 aliphatic rings. The summed E-state index contributed by atoms with van der Waals surface area (Å²) in [6, 6.07) is 16.8. The number of anilines is 1. The maximum absolute atomic E-state index is 13.0. The molecule has 0 atom stereocenters. The summed E-state index contributed by atoms with van der Waals surface area (Å²) in [6.07, 6.45) is 2.01. The second-order valence-corrected chi connectivity index (χ2v) is 7.04. The molecule has 114 valence electrons. The van der Waals surface area contributed by atoms with Crippen molar-refractivity contribution in [3.63, 3.8) is 0 Å². The van der Waals surface area contributed by atoms with Crippen molar-refractivity contribution in [3.8, 4) is 0 Å². The number of fused-ring (bicyclic) bond motifs is 2. The van der Waals surface area contributed by atoms with Crippen LogP contribution in [0.4, 0.5) is 5.69 Å². The Morgan fingerprint density at radius 2 is 1.41 bits per heavy atom. The van der Waals surface area contributed by atoms with E-state index >= 15 is 0 Å². The van der Waals surface area contributed by atoms with Crippen LogP contribution in [0.15, 0.2) is 48.5 Å². The highest BCUT2D eigenvalue weighted by Gasteiger charge is 2.30. The summed E-state index contributed by atoms with van der Waals surface area (Å²) < 4.78 is 0. The van der Waals surface area contributed by atoms with E-state index in [-0.39, 0.29) is 11.3 Å². The Labute approximate surface area is 132 Å². The standard InChI is InChI=1S/C20H23NO/c1-20(2,3)19(22)21-14-17-10-5-4-8-15(17)12-13-16-9-6-7-11-18(16)21/h4-11H,12-14H2,1-3H3. The molecule has 0 spiro atoms. The van der Waals surface area contributed by atoms with Gasteiger partial charge in [0.15, 0.2) is 0 Å². The van der Waals surface area contributed by atoms with Crippen LogP contribution in [-0.4, -0.2) is 5.91 Å². The van der Waals surface area contributed by atoms with Gasteiger partial charge in [-0.2, -0.15) is 0 Å². The normalized spacial score (nSPS) is 14.6. The first-order valence-electron chi connectivity index (χ1n) is 7.93. The van der Waals surface area contributed by atoms with Gasteiger partial charge >= 0.3 is 0 Å². The quantitative estimate of drug-likeness (QED) is 0.706. The van der Waals surface area contributed by atoms with Gasteiger partial charge in [-0.05, 0) is 35.6 Å². The van der Waals surface area contributed by atoms with E-state index in [2.05, 4.69) is 42.5 Å². The van der Waals surface area contributed by atoms with Gasteiger partial charge < -0.3 is 4.90 Å². The van der Waals surface area contributed by atoms with Crippen LogP contribution in [0.1, 0.15) is 37.5 Å². The van der Waals surface area contributed by atoms with E-state index in [9.17, 15) is 4.79 Å². The molecule has 2 aromatic rings. The van der Waals surface area contributed by atoms with Gasteiger partial charge in [-0.1, -0.05) is 63.2 Å². The molecule has 0 radical (unpaired) electrons. The number of carbonyl (C=O) groups excluding carboxylic acids is 1. The maximum atomic E-state index is 13.0. The second-order valence-electron chi connectivity index (χ2n) is 7.04. The van der Waals surface area contributed by atoms with Gasteiger partial charge in [0, 0.05) is 11.1 Å². The largest absolute Gasteiger partial charge is 0.307 e. The Balaban J connectivity index is 2.10. The van der Waals surface area contributed by atoms with Crippen molar-refractivity contribution in [2.45, 2.75) is 40.2 Å². The van der Waals surface area contributed by atoms with Gasteiger partial charge in [0.2, 0.25) is 5.91 Å². The fraction of sp³-hybridized carbons (Fsp3) is 0.350. The summed E-state index contributed by atoms with van der Waals surface area (Å²) in [5.74, 6) is 0.177. The zero-order valence-electron chi connectivity index (χ0n) is 13.6. The summed E-state index contributed by atoms with van der Waals surface area (Å²) in [5, 5.41) is 0. The maximum Gasteiger partial charge on any atom is 0.232 e. The molecule has 2 nitrogen and oxygen atoms in total. The zero-order valence-corrected chi connectivity index (χ0v) is 13.6. The number of hydrogen-bond acceptors (Lipinski definition) is 1. The van der Waals surface area contributed by atoms with Crippen LogP contribution in [0.2, 0.25) is 0 Å². The Kier molecular flexibility index (Phi) is 3.78. The SMILES string of the molecule is CC(C)(C)C(=O)N1Cc2ccccc2CCc2ccccc21. The fourth-order valence-corrected chi connectivity index (χ4v) is 3.05. The van der Waals surface area contributed by atoms with Crippen LogP contribution in [-0.2, 0) is 24.2 Å². The minimum atomic E-state index is -0.388. The highest BCUT2D eigenvalue weighted by atomic mass is 16.2. The van der Waals surface area contributed by atoms with E-state index in [1.165, 1.54) is 16.7 Å². The van der Waals surface area contributed by atoms with Crippen molar-refractivity contribution in [1.82, 2.24) is 0 Å². The summed E-state index contributed by atoms with van der Waals surface area (Å²) in [7, 11) is 0. The Morgan fingerprint density at radius 1 is 0.864 bits per heavy atom. The number of nitrogens with zero attached hydrogens (tertiary/aromatic N) is 1. The van der Waals surface area contributed by atoms with Crippen molar-refractivity contribution in [1.29, 1.82) is 0 Å². The van der Waals surface area contributed by atoms with E-state index in [1.54, 1.807) is 0 Å². The molecule has 3 rings (SSSR count). The lowest BCUT2D eigenvalue weighted by atomic mass is 9.91.